The Labute approximate surface area is 99.8 Å². The molecule has 1 saturated carbocycles. The van der Waals surface area contributed by atoms with E-state index >= 15 is 0 Å². The van der Waals surface area contributed by atoms with Gasteiger partial charge in [-0.1, -0.05) is 0 Å². The lowest BCUT2D eigenvalue weighted by atomic mass is 10.1. The van der Waals surface area contributed by atoms with Crippen LogP contribution in [0.1, 0.15) is 23.2 Å². The number of rotatable bonds is 5. The number of hydrogen-bond acceptors (Lipinski definition) is 5. The lowest BCUT2D eigenvalue weighted by molar-refractivity contribution is 0.0601. The third-order valence-electron chi connectivity index (χ3n) is 3.14. The molecule has 2 N–H and O–H groups in total. The zero-order valence-corrected chi connectivity index (χ0v) is 9.77. The molecule has 0 unspecified atom stereocenters. The normalized spacial score (nSPS) is 16.4. The lowest BCUT2D eigenvalue weighted by Crippen LogP contribution is -2.21. The molecule has 5 heteroatoms. The first-order chi connectivity index (χ1) is 8.21. The summed E-state index contributed by atoms with van der Waals surface area (Å²) < 4.78 is 4.68. The summed E-state index contributed by atoms with van der Waals surface area (Å²) in [5.41, 5.74) is 0.397. The van der Waals surface area contributed by atoms with Crippen molar-refractivity contribution in [3.63, 3.8) is 0 Å². The van der Waals surface area contributed by atoms with Crippen molar-refractivity contribution in [3.05, 3.63) is 23.9 Å². The van der Waals surface area contributed by atoms with Crippen molar-refractivity contribution in [2.75, 3.05) is 25.6 Å². The molecule has 1 fully saturated rings. The molecule has 5 nitrogen and oxygen atoms in total. The summed E-state index contributed by atoms with van der Waals surface area (Å²) in [7, 11) is 1.34. The molecule has 0 amide bonds. The van der Waals surface area contributed by atoms with E-state index in [1.807, 2.05) is 0 Å². The van der Waals surface area contributed by atoms with Gasteiger partial charge in [-0.05, 0) is 25.0 Å². The summed E-state index contributed by atoms with van der Waals surface area (Å²) in [6.45, 7) is 0.797. The Morgan fingerprint density at radius 2 is 2.41 bits per heavy atom. The Balaban J connectivity index is 2.07. The van der Waals surface area contributed by atoms with Gasteiger partial charge in [0, 0.05) is 18.2 Å². The number of aliphatic hydroxyl groups excluding tert-OH is 1. The minimum absolute atomic E-state index is 0.0229. The fourth-order valence-corrected chi connectivity index (χ4v) is 1.66. The minimum Gasteiger partial charge on any atom is -0.465 e. The van der Waals surface area contributed by atoms with Crippen molar-refractivity contribution in [1.29, 1.82) is 0 Å². The first-order valence-electron chi connectivity index (χ1n) is 5.59. The van der Waals surface area contributed by atoms with E-state index in [-0.39, 0.29) is 12.0 Å². The van der Waals surface area contributed by atoms with Crippen LogP contribution < -0.4 is 5.32 Å². The van der Waals surface area contributed by atoms with E-state index in [4.69, 9.17) is 0 Å². The number of nitrogens with one attached hydrogen (secondary N) is 1. The number of aromatic nitrogens is 1. The number of ether oxygens (including phenoxy) is 1. The fraction of sp³-hybridized carbons (Fsp3) is 0.500. The summed E-state index contributed by atoms with van der Waals surface area (Å²) in [6, 6.07) is 3.36. The summed E-state index contributed by atoms with van der Waals surface area (Å²) in [5.74, 6) is 0.105. The number of anilines is 1. The van der Waals surface area contributed by atoms with Gasteiger partial charge in [0.25, 0.3) is 0 Å². The van der Waals surface area contributed by atoms with E-state index in [1.165, 1.54) is 7.11 Å². The number of esters is 1. The number of methoxy groups -OCH3 is 1. The topological polar surface area (TPSA) is 71.5 Å². The molecule has 1 aromatic rings. The Hall–Kier alpha value is -1.62. The summed E-state index contributed by atoms with van der Waals surface area (Å²) in [6.07, 6.45) is 3.64. The van der Waals surface area contributed by atoms with Crippen LogP contribution in [-0.2, 0) is 4.74 Å². The zero-order valence-electron chi connectivity index (χ0n) is 9.77. The number of nitrogens with zero attached hydrogens (tertiary/aromatic N) is 1. The number of hydrogen-bond donors (Lipinski definition) is 2. The molecule has 1 aliphatic rings. The molecule has 0 aromatic carbocycles. The number of aliphatic hydroxyl groups is 1. The van der Waals surface area contributed by atoms with Crippen LogP contribution in [0.2, 0.25) is 0 Å². The van der Waals surface area contributed by atoms with Crippen LogP contribution >= 0.6 is 0 Å². The van der Waals surface area contributed by atoms with Crippen molar-refractivity contribution in [2.45, 2.75) is 12.8 Å². The standard InChI is InChI=1S/C12H16N2O3/c1-17-11(16)9-3-2-6-13-10(9)14-7-12(8-15)4-5-12/h2-3,6,15H,4-5,7-8H2,1H3,(H,13,14). The Morgan fingerprint density at radius 1 is 1.65 bits per heavy atom. The van der Waals surface area contributed by atoms with Crippen LogP contribution in [0.25, 0.3) is 0 Å². The summed E-state index contributed by atoms with van der Waals surface area (Å²) >= 11 is 0. The summed E-state index contributed by atoms with van der Waals surface area (Å²) in [4.78, 5) is 15.6. The van der Waals surface area contributed by atoms with E-state index in [0.717, 1.165) is 12.8 Å². The molecule has 17 heavy (non-hydrogen) atoms. The van der Waals surface area contributed by atoms with E-state index in [2.05, 4.69) is 15.0 Å². The molecule has 1 aromatic heterocycles. The van der Waals surface area contributed by atoms with Crippen molar-refractivity contribution < 1.29 is 14.6 Å². The predicted molar refractivity (Wildman–Crippen MR) is 62.8 cm³/mol. The quantitative estimate of drug-likeness (QED) is 0.748. The van der Waals surface area contributed by atoms with Crippen LogP contribution in [0.15, 0.2) is 18.3 Å². The van der Waals surface area contributed by atoms with Gasteiger partial charge in [-0.3, -0.25) is 0 Å². The van der Waals surface area contributed by atoms with Crippen molar-refractivity contribution in [1.82, 2.24) is 4.98 Å². The van der Waals surface area contributed by atoms with Gasteiger partial charge >= 0.3 is 5.97 Å². The molecule has 0 saturated heterocycles. The third kappa shape index (κ3) is 2.55. The van der Waals surface area contributed by atoms with E-state index in [0.29, 0.717) is 17.9 Å². The Morgan fingerprint density at radius 3 is 3.00 bits per heavy atom. The smallest absolute Gasteiger partial charge is 0.341 e. The van der Waals surface area contributed by atoms with Crippen LogP contribution in [0.4, 0.5) is 5.82 Å². The van der Waals surface area contributed by atoms with Gasteiger partial charge in [-0.25, -0.2) is 9.78 Å². The number of carbonyl (C=O) groups excluding carboxylic acids is 1. The Kier molecular flexibility index (Phi) is 3.28. The lowest BCUT2D eigenvalue weighted by Gasteiger charge is -2.14. The number of pyridine rings is 1. The molecule has 92 valence electrons. The average Bonchev–Trinajstić information content (AvgIpc) is 3.16. The molecule has 0 radical (unpaired) electrons. The summed E-state index contributed by atoms with van der Waals surface area (Å²) in [5, 5.41) is 12.3. The fourth-order valence-electron chi connectivity index (χ4n) is 1.66. The van der Waals surface area contributed by atoms with Crippen LogP contribution in [-0.4, -0.2) is 36.3 Å². The second-order valence-corrected chi connectivity index (χ2v) is 4.40. The average molecular weight is 236 g/mol. The maximum absolute atomic E-state index is 11.5. The first kappa shape index (κ1) is 11.9. The molecular weight excluding hydrogens is 220 g/mol. The van der Waals surface area contributed by atoms with Gasteiger partial charge in [0.1, 0.15) is 11.4 Å². The highest BCUT2D eigenvalue weighted by atomic mass is 16.5. The van der Waals surface area contributed by atoms with E-state index in [1.54, 1.807) is 18.3 Å². The van der Waals surface area contributed by atoms with Crippen molar-refractivity contribution in [2.24, 2.45) is 5.41 Å². The van der Waals surface area contributed by atoms with Crippen molar-refractivity contribution in [3.8, 4) is 0 Å². The van der Waals surface area contributed by atoms with Gasteiger partial charge in [-0.15, -0.1) is 0 Å². The van der Waals surface area contributed by atoms with E-state index < -0.39 is 5.97 Å². The van der Waals surface area contributed by atoms with E-state index in [9.17, 15) is 9.90 Å². The molecule has 2 rings (SSSR count). The third-order valence-corrected chi connectivity index (χ3v) is 3.14. The van der Waals surface area contributed by atoms with Crippen LogP contribution in [0, 0.1) is 5.41 Å². The SMILES string of the molecule is COC(=O)c1cccnc1NCC1(CO)CC1. The molecule has 1 aliphatic carbocycles. The van der Waals surface area contributed by atoms with Gasteiger partial charge in [0.05, 0.1) is 13.7 Å². The number of carbonyl (C=O) groups is 1. The highest BCUT2D eigenvalue weighted by Crippen LogP contribution is 2.44. The highest BCUT2D eigenvalue weighted by Gasteiger charge is 2.41. The molecule has 0 bridgehead atoms. The molecule has 0 spiro atoms. The van der Waals surface area contributed by atoms with Gasteiger partial charge in [0.15, 0.2) is 0 Å². The maximum atomic E-state index is 11.5. The molecular formula is C12H16N2O3. The minimum atomic E-state index is -0.408. The monoisotopic (exact) mass is 236 g/mol. The zero-order chi connectivity index (χ0) is 12.3. The Bertz CT molecular complexity index is 416. The molecule has 0 aliphatic heterocycles. The van der Waals surface area contributed by atoms with Crippen molar-refractivity contribution >= 4 is 11.8 Å². The van der Waals surface area contributed by atoms with Gasteiger partial charge in [0.2, 0.25) is 0 Å². The van der Waals surface area contributed by atoms with Crippen LogP contribution in [0.3, 0.4) is 0 Å². The largest absolute Gasteiger partial charge is 0.465 e. The predicted octanol–water partition coefficient (Wildman–Crippen LogP) is 1.05. The second kappa shape index (κ2) is 4.71. The second-order valence-electron chi connectivity index (χ2n) is 4.40. The molecule has 1 heterocycles. The maximum Gasteiger partial charge on any atom is 0.341 e. The van der Waals surface area contributed by atoms with Crippen LogP contribution in [0.5, 0.6) is 0 Å². The van der Waals surface area contributed by atoms with Gasteiger partial charge in [-0.2, -0.15) is 0 Å². The van der Waals surface area contributed by atoms with Gasteiger partial charge < -0.3 is 15.2 Å². The highest BCUT2D eigenvalue weighted by molar-refractivity contribution is 5.94. The molecule has 0 atom stereocenters. The first-order valence-corrected chi connectivity index (χ1v) is 5.59.